The quantitative estimate of drug-likeness (QED) is 0.901. The van der Waals surface area contributed by atoms with Crippen molar-refractivity contribution in [3.8, 4) is 0 Å². The molecule has 3 nitrogen and oxygen atoms in total. The van der Waals surface area contributed by atoms with Gasteiger partial charge in [-0.15, -0.1) is 0 Å². The second-order valence-electron chi connectivity index (χ2n) is 3.89. The number of aromatic nitrogens is 1. The van der Waals surface area contributed by atoms with E-state index in [1.165, 1.54) is 12.1 Å². The van der Waals surface area contributed by atoms with Crippen molar-refractivity contribution in [2.75, 3.05) is 11.4 Å². The van der Waals surface area contributed by atoms with Gasteiger partial charge >= 0.3 is 0 Å². The van der Waals surface area contributed by atoms with Gasteiger partial charge in [-0.2, -0.15) is 0 Å². The average Bonchev–Trinajstić information content (AvgIpc) is 2.40. The van der Waals surface area contributed by atoms with Crippen molar-refractivity contribution in [3.05, 3.63) is 54.1 Å². The van der Waals surface area contributed by atoms with E-state index in [1.54, 1.807) is 18.3 Å². The van der Waals surface area contributed by atoms with Crippen LogP contribution < -0.4 is 4.90 Å². The number of aliphatic hydroxyl groups excluding tert-OH is 1. The van der Waals surface area contributed by atoms with Crippen LogP contribution in [-0.4, -0.2) is 16.6 Å². The average molecular weight is 246 g/mol. The number of nitrogens with zero attached hydrogens (tertiary/aromatic N) is 2. The van der Waals surface area contributed by atoms with Gasteiger partial charge in [-0.05, 0) is 37.3 Å². The first-order valence-electron chi connectivity index (χ1n) is 5.83. The monoisotopic (exact) mass is 246 g/mol. The minimum atomic E-state index is -0.262. The predicted octanol–water partition coefficient (Wildman–Crippen LogP) is 2.87. The Morgan fingerprint density at radius 1 is 1.22 bits per heavy atom. The molecule has 2 aromatic rings. The van der Waals surface area contributed by atoms with Gasteiger partial charge in [-0.25, -0.2) is 4.39 Å². The van der Waals surface area contributed by atoms with Crippen LogP contribution in [0.4, 0.5) is 15.8 Å². The number of hydrogen-bond donors (Lipinski definition) is 1. The lowest BCUT2D eigenvalue weighted by molar-refractivity contribution is 0.277. The third kappa shape index (κ3) is 2.65. The number of halogens is 1. The highest BCUT2D eigenvalue weighted by Gasteiger charge is 2.08. The van der Waals surface area contributed by atoms with E-state index in [2.05, 4.69) is 4.98 Å². The zero-order valence-corrected chi connectivity index (χ0v) is 10.2. The van der Waals surface area contributed by atoms with Crippen molar-refractivity contribution < 1.29 is 9.50 Å². The lowest BCUT2D eigenvalue weighted by Crippen LogP contribution is -2.16. The maximum Gasteiger partial charge on any atom is 0.125 e. The van der Waals surface area contributed by atoms with E-state index in [9.17, 15) is 4.39 Å². The van der Waals surface area contributed by atoms with Crippen LogP contribution in [0.3, 0.4) is 0 Å². The molecule has 0 aliphatic carbocycles. The van der Waals surface area contributed by atoms with Crippen molar-refractivity contribution in [2.24, 2.45) is 0 Å². The first-order valence-corrected chi connectivity index (χ1v) is 5.83. The minimum Gasteiger partial charge on any atom is -0.390 e. The first kappa shape index (κ1) is 12.5. The zero-order valence-electron chi connectivity index (χ0n) is 10.2. The Morgan fingerprint density at radius 2 is 2.00 bits per heavy atom. The van der Waals surface area contributed by atoms with E-state index in [1.807, 2.05) is 24.0 Å². The summed E-state index contributed by atoms with van der Waals surface area (Å²) in [7, 11) is 0. The number of pyridine rings is 1. The summed E-state index contributed by atoms with van der Waals surface area (Å²) in [6.45, 7) is 2.59. The number of aliphatic hydroxyl groups is 1. The van der Waals surface area contributed by atoms with E-state index in [0.29, 0.717) is 12.2 Å². The summed E-state index contributed by atoms with van der Waals surface area (Å²) in [4.78, 5) is 6.00. The van der Waals surface area contributed by atoms with Gasteiger partial charge in [0.25, 0.3) is 0 Å². The van der Waals surface area contributed by atoms with E-state index in [-0.39, 0.29) is 12.4 Å². The highest BCUT2D eigenvalue weighted by Crippen LogP contribution is 2.25. The summed E-state index contributed by atoms with van der Waals surface area (Å²) in [5.41, 5.74) is 2.28. The Kier molecular flexibility index (Phi) is 3.89. The molecule has 0 saturated carbocycles. The van der Waals surface area contributed by atoms with Crippen LogP contribution in [0, 0.1) is 5.82 Å². The van der Waals surface area contributed by atoms with Crippen molar-refractivity contribution >= 4 is 11.4 Å². The molecule has 0 aliphatic heterocycles. The van der Waals surface area contributed by atoms with Gasteiger partial charge < -0.3 is 10.0 Å². The molecule has 18 heavy (non-hydrogen) atoms. The predicted molar refractivity (Wildman–Crippen MR) is 69.2 cm³/mol. The van der Waals surface area contributed by atoms with Crippen molar-refractivity contribution in [3.63, 3.8) is 0 Å². The number of rotatable bonds is 4. The summed E-state index contributed by atoms with van der Waals surface area (Å²) >= 11 is 0. The molecule has 2 rings (SSSR count). The smallest absolute Gasteiger partial charge is 0.125 e. The van der Waals surface area contributed by atoms with Crippen LogP contribution in [0.25, 0.3) is 0 Å². The molecule has 0 radical (unpaired) electrons. The van der Waals surface area contributed by atoms with Gasteiger partial charge in [-0.3, -0.25) is 4.98 Å². The Morgan fingerprint density at radius 3 is 2.67 bits per heavy atom. The molecule has 0 amide bonds. The van der Waals surface area contributed by atoms with E-state index < -0.39 is 0 Å². The summed E-state index contributed by atoms with van der Waals surface area (Å²) in [5, 5.41) is 9.09. The summed E-state index contributed by atoms with van der Waals surface area (Å²) < 4.78 is 13.2. The lowest BCUT2D eigenvalue weighted by Gasteiger charge is -2.23. The third-order valence-electron chi connectivity index (χ3n) is 2.71. The molecule has 1 N–H and O–H groups in total. The normalized spacial score (nSPS) is 10.4. The molecule has 0 atom stereocenters. The fourth-order valence-electron chi connectivity index (χ4n) is 1.88. The Hall–Kier alpha value is -1.94. The molecule has 0 bridgehead atoms. The van der Waals surface area contributed by atoms with Gasteiger partial charge in [0, 0.05) is 24.1 Å². The maximum atomic E-state index is 13.2. The van der Waals surface area contributed by atoms with Crippen LogP contribution in [0.15, 0.2) is 42.6 Å². The maximum absolute atomic E-state index is 13.2. The number of benzene rings is 1. The molecule has 0 fully saturated rings. The lowest BCUT2D eigenvalue weighted by atomic mass is 10.2. The molecule has 1 aromatic carbocycles. The van der Waals surface area contributed by atoms with Gasteiger partial charge in [0.15, 0.2) is 0 Å². The fourth-order valence-corrected chi connectivity index (χ4v) is 1.88. The van der Waals surface area contributed by atoms with Crippen molar-refractivity contribution in [2.45, 2.75) is 13.5 Å². The van der Waals surface area contributed by atoms with E-state index in [0.717, 1.165) is 11.4 Å². The van der Waals surface area contributed by atoms with Crippen LogP contribution >= 0.6 is 0 Å². The molecule has 4 heteroatoms. The second-order valence-corrected chi connectivity index (χ2v) is 3.89. The summed E-state index contributed by atoms with van der Waals surface area (Å²) in [6.07, 6.45) is 1.64. The molecular formula is C14H15FN2O. The number of anilines is 2. The van der Waals surface area contributed by atoms with Gasteiger partial charge in [-0.1, -0.05) is 6.07 Å². The summed E-state index contributed by atoms with van der Waals surface area (Å²) in [6, 6.07) is 10.1. The molecule has 0 saturated heterocycles. The van der Waals surface area contributed by atoms with Crippen molar-refractivity contribution in [1.29, 1.82) is 0 Å². The molecule has 1 heterocycles. The Bertz CT molecular complexity index is 531. The Balaban J connectivity index is 2.38. The standard InChI is InChI=1S/C14H15FN2O/c1-2-17(13-5-3-4-11(15)8-13)14-6-7-16-12(9-14)10-18/h3-9,18H,2,10H2,1H3. The SMILES string of the molecule is CCN(c1cccc(F)c1)c1ccnc(CO)c1. The second kappa shape index (κ2) is 5.60. The van der Waals surface area contributed by atoms with Gasteiger partial charge in [0.1, 0.15) is 5.82 Å². The topological polar surface area (TPSA) is 36.4 Å². The third-order valence-corrected chi connectivity index (χ3v) is 2.71. The molecule has 94 valence electrons. The molecular weight excluding hydrogens is 231 g/mol. The Labute approximate surface area is 106 Å². The first-order chi connectivity index (χ1) is 8.74. The molecule has 0 spiro atoms. The van der Waals surface area contributed by atoms with E-state index >= 15 is 0 Å². The molecule has 1 aromatic heterocycles. The largest absolute Gasteiger partial charge is 0.390 e. The van der Waals surface area contributed by atoms with E-state index in [4.69, 9.17) is 5.11 Å². The fraction of sp³-hybridized carbons (Fsp3) is 0.214. The van der Waals surface area contributed by atoms with Crippen LogP contribution in [0.5, 0.6) is 0 Å². The van der Waals surface area contributed by atoms with Crippen molar-refractivity contribution in [1.82, 2.24) is 4.98 Å². The number of hydrogen-bond acceptors (Lipinski definition) is 3. The molecule has 0 unspecified atom stereocenters. The zero-order chi connectivity index (χ0) is 13.0. The van der Waals surface area contributed by atoms with Crippen LogP contribution in [-0.2, 0) is 6.61 Å². The van der Waals surface area contributed by atoms with Crippen LogP contribution in [0.1, 0.15) is 12.6 Å². The van der Waals surface area contributed by atoms with Gasteiger partial charge in [0.2, 0.25) is 0 Å². The highest BCUT2D eigenvalue weighted by molar-refractivity contribution is 5.63. The minimum absolute atomic E-state index is 0.103. The summed E-state index contributed by atoms with van der Waals surface area (Å²) in [5.74, 6) is -0.262. The molecule has 0 aliphatic rings. The highest BCUT2D eigenvalue weighted by atomic mass is 19.1. The van der Waals surface area contributed by atoms with Crippen LogP contribution in [0.2, 0.25) is 0 Å². The van der Waals surface area contributed by atoms with Gasteiger partial charge in [0.05, 0.1) is 12.3 Å².